The first-order valence-corrected chi connectivity index (χ1v) is 10.3. The number of ether oxygens (including phenoxy) is 2. The molecule has 2 aromatic rings. The fraction of sp³-hybridized carbons (Fsp3) is 0.500. The molecule has 0 bridgehead atoms. The molecule has 33 heavy (non-hydrogen) atoms. The molecule has 2 atom stereocenters. The number of likely N-dealkylation sites (tertiary alicyclic amines) is 1. The summed E-state index contributed by atoms with van der Waals surface area (Å²) in [5.74, 6) is -1.28. The lowest BCUT2D eigenvalue weighted by Crippen LogP contribution is -2.54. The number of nitrogens with zero attached hydrogens (tertiary/aromatic N) is 4. The zero-order valence-electron chi connectivity index (χ0n) is 17.4. The number of alkyl halides is 3. The van der Waals surface area contributed by atoms with Crippen LogP contribution in [0.25, 0.3) is 0 Å². The van der Waals surface area contributed by atoms with Gasteiger partial charge in [-0.15, -0.1) is 13.2 Å². The molecule has 4 rings (SSSR count). The van der Waals surface area contributed by atoms with Crippen molar-refractivity contribution in [3.05, 3.63) is 46.1 Å². The van der Waals surface area contributed by atoms with Crippen LogP contribution in [-0.4, -0.2) is 57.4 Å². The fourth-order valence-electron chi connectivity index (χ4n) is 4.56. The molecule has 2 aliphatic rings. The van der Waals surface area contributed by atoms with E-state index in [1.807, 2.05) is 4.90 Å². The molecule has 1 amide bonds. The number of benzene rings is 1. The molecule has 0 radical (unpaired) electrons. The summed E-state index contributed by atoms with van der Waals surface area (Å²) >= 11 is 0. The van der Waals surface area contributed by atoms with Gasteiger partial charge in [0.25, 0.3) is 0 Å². The molecular formula is C20H22F3N5O5. The predicted molar refractivity (Wildman–Crippen MR) is 108 cm³/mol. The Morgan fingerprint density at radius 2 is 1.94 bits per heavy atom. The zero-order valence-corrected chi connectivity index (χ0v) is 17.4. The molecule has 1 aromatic heterocycles. The summed E-state index contributed by atoms with van der Waals surface area (Å²) in [5.41, 5.74) is 6.61. The third kappa shape index (κ3) is 5.18. The lowest BCUT2D eigenvalue weighted by molar-refractivity contribution is -0.389. The van der Waals surface area contributed by atoms with E-state index in [4.69, 9.17) is 10.5 Å². The summed E-state index contributed by atoms with van der Waals surface area (Å²) < 4.78 is 48.0. The number of imidazole rings is 1. The molecule has 1 aromatic carbocycles. The number of amides is 1. The van der Waals surface area contributed by atoms with E-state index in [2.05, 4.69) is 9.72 Å². The predicted octanol–water partition coefficient (Wildman–Crippen LogP) is 2.43. The molecule has 1 saturated heterocycles. The second-order valence-corrected chi connectivity index (χ2v) is 8.14. The summed E-state index contributed by atoms with van der Waals surface area (Å²) in [6, 6.07) is 5.34. The van der Waals surface area contributed by atoms with Crippen LogP contribution in [0.3, 0.4) is 0 Å². The number of aromatic nitrogens is 2. The van der Waals surface area contributed by atoms with Crippen LogP contribution in [0.2, 0.25) is 0 Å². The summed E-state index contributed by atoms with van der Waals surface area (Å²) in [7, 11) is 0. The van der Waals surface area contributed by atoms with Gasteiger partial charge in [0.05, 0.1) is 6.04 Å². The standard InChI is InChI=1S/C20H22F3N5O5/c21-20(22,23)33-15-3-1-12(2-4-15)13-5-7-26(8-6-13)17(18(24)29)14-9-27-10-16(28(30)31)25-19(27)32-11-14/h1-4,10,13-14,17H,5-9,11H2,(H2,24,29)/t14-,17?/m1/s1. The quantitative estimate of drug-likeness (QED) is 0.509. The molecule has 1 fully saturated rings. The zero-order chi connectivity index (χ0) is 23.8. The Kier molecular flexibility index (Phi) is 6.15. The van der Waals surface area contributed by atoms with Crippen molar-refractivity contribution in [1.29, 1.82) is 0 Å². The molecule has 0 spiro atoms. The van der Waals surface area contributed by atoms with Gasteiger partial charge in [-0.2, -0.15) is 0 Å². The van der Waals surface area contributed by atoms with E-state index in [0.717, 1.165) is 5.56 Å². The van der Waals surface area contributed by atoms with Gasteiger partial charge in [0.1, 0.15) is 18.6 Å². The second kappa shape index (κ2) is 8.89. The number of carbonyl (C=O) groups is 1. The Bertz CT molecular complexity index is 1020. The van der Waals surface area contributed by atoms with Crippen molar-refractivity contribution in [2.75, 3.05) is 19.7 Å². The summed E-state index contributed by atoms with van der Waals surface area (Å²) in [4.78, 5) is 28.4. The Morgan fingerprint density at radius 3 is 2.52 bits per heavy atom. The number of piperidine rings is 1. The lowest BCUT2D eigenvalue weighted by atomic mass is 9.87. The number of hydrogen-bond donors (Lipinski definition) is 1. The van der Waals surface area contributed by atoms with Crippen molar-refractivity contribution >= 4 is 11.7 Å². The average Bonchev–Trinajstić information content (AvgIpc) is 3.18. The normalized spacial score (nSPS) is 20.5. The van der Waals surface area contributed by atoms with E-state index in [9.17, 15) is 28.1 Å². The minimum atomic E-state index is -4.73. The van der Waals surface area contributed by atoms with E-state index in [-0.39, 0.29) is 36.0 Å². The molecular weight excluding hydrogens is 447 g/mol. The van der Waals surface area contributed by atoms with E-state index < -0.39 is 23.2 Å². The van der Waals surface area contributed by atoms with Crippen molar-refractivity contribution in [1.82, 2.24) is 14.5 Å². The first-order chi connectivity index (χ1) is 15.6. The van der Waals surface area contributed by atoms with Gasteiger partial charge in [0.2, 0.25) is 5.91 Å². The van der Waals surface area contributed by atoms with Crippen LogP contribution >= 0.6 is 0 Å². The number of fused-ring (bicyclic) bond motifs is 1. The number of nitrogens with two attached hydrogens (primary N) is 1. The average molecular weight is 469 g/mol. The molecule has 0 aliphatic carbocycles. The molecule has 2 N–H and O–H groups in total. The van der Waals surface area contributed by atoms with E-state index in [1.54, 1.807) is 12.1 Å². The van der Waals surface area contributed by atoms with Crippen LogP contribution < -0.4 is 15.2 Å². The van der Waals surface area contributed by atoms with Crippen LogP contribution in [0.4, 0.5) is 19.0 Å². The van der Waals surface area contributed by atoms with Gasteiger partial charge in [0, 0.05) is 17.4 Å². The third-order valence-electron chi connectivity index (χ3n) is 6.02. The number of halogens is 3. The Hall–Kier alpha value is -3.35. The fourth-order valence-corrected chi connectivity index (χ4v) is 4.56. The maximum Gasteiger partial charge on any atom is 0.573 e. The molecule has 0 saturated carbocycles. The molecule has 2 aliphatic heterocycles. The van der Waals surface area contributed by atoms with Gasteiger partial charge in [-0.05, 0) is 54.5 Å². The summed E-state index contributed by atoms with van der Waals surface area (Å²) in [6.45, 7) is 1.59. The van der Waals surface area contributed by atoms with Crippen molar-refractivity contribution < 1.29 is 32.4 Å². The number of hydrogen-bond acceptors (Lipinski definition) is 7. The van der Waals surface area contributed by atoms with Gasteiger partial charge in [-0.1, -0.05) is 12.1 Å². The maximum atomic E-state index is 12.3. The van der Waals surface area contributed by atoms with Crippen molar-refractivity contribution in [2.45, 2.75) is 37.7 Å². The minimum absolute atomic E-state index is 0.125. The molecule has 13 heteroatoms. The highest BCUT2D eigenvalue weighted by Crippen LogP contribution is 2.33. The SMILES string of the molecule is NC(=O)C([C@H]1COc2nc([N+](=O)[O-])cn2C1)N1CCC(c2ccc(OC(F)(F)F)cc2)CC1. The van der Waals surface area contributed by atoms with E-state index in [0.29, 0.717) is 32.5 Å². The Balaban J connectivity index is 1.39. The molecule has 1 unspecified atom stereocenters. The number of primary amides is 1. The van der Waals surface area contributed by atoms with Crippen LogP contribution in [0, 0.1) is 16.0 Å². The topological polar surface area (TPSA) is 126 Å². The highest BCUT2D eigenvalue weighted by Gasteiger charge is 2.39. The third-order valence-corrected chi connectivity index (χ3v) is 6.02. The van der Waals surface area contributed by atoms with Crippen molar-refractivity contribution in [3.63, 3.8) is 0 Å². The van der Waals surface area contributed by atoms with Gasteiger partial charge in [0.15, 0.2) is 0 Å². The van der Waals surface area contributed by atoms with E-state index >= 15 is 0 Å². The van der Waals surface area contributed by atoms with Crippen LogP contribution in [0.15, 0.2) is 30.5 Å². The maximum absolute atomic E-state index is 12.3. The van der Waals surface area contributed by atoms with Crippen LogP contribution in [0.1, 0.15) is 24.3 Å². The largest absolute Gasteiger partial charge is 0.573 e. The number of nitro groups is 1. The van der Waals surface area contributed by atoms with Crippen LogP contribution in [-0.2, 0) is 11.3 Å². The van der Waals surface area contributed by atoms with Gasteiger partial charge in [-0.3, -0.25) is 14.3 Å². The molecule has 178 valence electrons. The first-order valence-electron chi connectivity index (χ1n) is 10.3. The Labute approximate surface area is 186 Å². The summed E-state index contributed by atoms with van der Waals surface area (Å²) in [5, 5.41) is 11.0. The second-order valence-electron chi connectivity index (χ2n) is 8.14. The first kappa shape index (κ1) is 22.8. The Morgan fingerprint density at radius 1 is 1.27 bits per heavy atom. The number of rotatable bonds is 6. The molecule has 10 nitrogen and oxygen atoms in total. The molecule has 3 heterocycles. The number of carbonyl (C=O) groups excluding carboxylic acids is 1. The van der Waals surface area contributed by atoms with Crippen molar-refractivity contribution in [3.8, 4) is 11.8 Å². The monoisotopic (exact) mass is 469 g/mol. The van der Waals surface area contributed by atoms with Crippen LogP contribution in [0.5, 0.6) is 11.8 Å². The van der Waals surface area contributed by atoms with Gasteiger partial charge >= 0.3 is 18.2 Å². The minimum Gasteiger partial charge on any atom is -0.445 e. The van der Waals surface area contributed by atoms with Crippen molar-refractivity contribution in [2.24, 2.45) is 11.7 Å². The lowest BCUT2D eigenvalue weighted by Gasteiger charge is -2.40. The summed E-state index contributed by atoms with van der Waals surface area (Å²) in [6.07, 6.45) is -2.07. The highest BCUT2D eigenvalue weighted by molar-refractivity contribution is 5.80. The van der Waals surface area contributed by atoms with E-state index in [1.165, 1.54) is 22.9 Å². The van der Waals surface area contributed by atoms with Gasteiger partial charge < -0.3 is 25.3 Å². The van der Waals surface area contributed by atoms with Gasteiger partial charge in [-0.25, -0.2) is 0 Å². The smallest absolute Gasteiger partial charge is 0.445 e. The highest BCUT2D eigenvalue weighted by atomic mass is 19.4.